The first-order valence-electron chi connectivity index (χ1n) is 11.4. The molecule has 0 spiro atoms. The second-order valence-electron chi connectivity index (χ2n) is 8.60. The second-order valence-corrected chi connectivity index (χ2v) is 9.58. The molecule has 9 nitrogen and oxygen atoms in total. The monoisotopic (exact) mass is 492 g/mol. The molecular weight excluding hydrogens is 464 g/mol. The number of likely N-dealkylation sites (tertiary alicyclic amines) is 1. The summed E-state index contributed by atoms with van der Waals surface area (Å²) in [6.45, 7) is 1.29. The summed E-state index contributed by atoms with van der Waals surface area (Å²) in [7, 11) is 3.96. The lowest BCUT2D eigenvalue weighted by atomic mass is 9.97. The maximum Gasteiger partial charge on any atom is 0.286 e. The van der Waals surface area contributed by atoms with Crippen molar-refractivity contribution >= 4 is 40.4 Å². The number of amides is 3. The fourth-order valence-corrected chi connectivity index (χ4v) is 4.57. The molecule has 1 atom stereocenters. The molecule has 35 heavy (non-hydrogen) atoms. The van der Waals surface area contributed by atoms with E-state index < -0.39 is 5.91 Å². The Morgan fingerprint density at radius 2 is 1.74 bits per heavy atom. The van der Waals surface area contributed by atoms with Crippen LogP contribution in [0.5, 0.6) is 0 Å². The van der Waals surface area contributed by atoms with Crippen LogP contribution in [0.15, 0.2) is 54.6 Å². The Labute approximate surface area is 208 Å². The Morgan fingerprint density at radius 1 is 1.03 bits per heavy atom. The molecule has 1 aromatic heterocycles. The summed E-state index contributed by atoms with van der Waals surface area (Å²) in [4.78, 5) is 41.8. The van der Waals surface area contributed by atoms with Gasteiger partial charge in [-0.2, -0.15) is 0 Å². The van der Waals surface area contributed by atoms with Crippen molar-refractivity contribution in [2.24, 2.45) is 5.92 Å². The van der Waals surface area contributed by atoms with Crippen molar-refractivity contribution in [3.05, 3.63) is 70.2 Å². The zero-order valence-electron chi connectivity index (χ0n) is 19.7. The molecule has 2 aromatic carbocycles. The van der Waals surface area contributed by atoms with Gasteiger partial charge in [-0.3, -0.25) is 14.4 Å². The smallest absolute Gasteiger partial charge is 0.286 e. The lowest BCUT2D eigenvalue weighted by molar-refractivity contribution is -0.126. The summed E-state index contributed by atoms with van der Waals surface area (Å²) >= 11 is 0.953. The molecule has 4 rings (SSSR count). The molecule has 1 fully saturated rings. The number of nitrogens with one attached hydrogen (secondary N) is 2. The molecule has 1 saturated heterocycles. The minimum Gasteiger partial charge on any atom is -0.378 e. The second kappa shape index (κ2) is 11.1. The highest BCUT2D eigenvalue weighted by Gasteiger charge is 2.30. The Kier molecular flexibility index (Phi) is 7.71. The van der Waals surface area contributed by atoms with Crippen LogP contribution in [0.3, 0.4) is 0 Å². The zero-order valence-corrected chi connectivity index (χ0v) is 20.5. The lowest BCUT2D eigenvalue weighted by Crippen LogP contribution is -2.45. The maximum atomic E-state index is 13.0. The first-order chi connectivity index (χ1) is 16.9. The summed E-state index contributed by atoms with van der Waals surface area (Å²) in [6, 6.07) is 17.0. The van der Waals surface area contributed by atoms with Gasteiger partial charge >= 0.3 is 0 Å². The molecule has 0 saturated carbocycles. The van der Waals surface area contributed by atoms with Crippen molar-refractivity contribution in [3.63, 3.8) is 0 Å². The highest BCUT2D eigenvalue weighted by Crippen LogP contribution is 2.21. The molecule has 3 amide bonds. The van der Waals surface area contributed by atoms with Gasteiger partial charge in [-0.25, -0.2) is 0 Å². The molecule has 3 aromatic rings. The van der Waals surface area contributed by atoms with Gasteiger partial charge < -0.3 is 20.4 Å². The van der Waals surface area contributed by atoms with E-state index in [9.17, 15) is 14.4 Å². The number of hydrogen-bond acceptors (Lipinski definition) is 7. The van der Waals surface area contributed by atoms with Crippen molar-refractivity contribution in [3.8, 4) is 0 Å². The third-order valence-electron chi connectivity index (χ3n) is 5.83. The largest absolute Gasteiger partial charge is 0.378 e. The first-order valence-corrected chi connectivity index (χ1v) is 12.3. The SMILES string of the molecule is CN(C)c1ccc(CNC(=O)[C@H]2CCCN(C(=O)c3nnc(C(=O)Nc4ccccc4)s3)C2)cc1. The van der Waals surface area contributed by atoms with Crippen LogP contribution in [0.25, 0.3) is 0 Å². The lowest BCUT2D eigenvalue weighted by Gasteiger charge is -2.31. The summed E-state index contributed by atoms with van der Waals surface area (Å²) in [5.74, 6) is -1.08. The Balaban J connectivity index is 1.31. The number of para-hydroxylation sites is 1. The van der Waals surface area contributed by atoms with E-state index >= 15 is 0 Å². The van der Waals surface area contributed by atoms with Crippen LogP contribution in [0.1, 0.15) is 38.0 Å². The van der Waals surface area contributed by atoms with Crippen molar-refractivity contribution < 1.29 is 14.4 Å². The third-order valence-corrected chi connectivity index (χ3v) is 6.74. The highest BCUT2D eigenvalue weighted by atomic mass is 32.1. The number of anilines is 2. The number of piperidine rings is 1. The van der Waals surface area contributed by atoms with Gasteiger partial charge in [-0.15, -0.1) is 10.2 Å². The molecular formula is C25H28N6O3S. The minimum absolute atomic E-state index is 0.0700. The van der Waals surface area contributed by atoms with Crippen LogP contribution in [-0.2, 0) is 11.3 Å². The number of nitrogens with zero attached hydrogens (tertiary/aromatic N) is 4. The van der Waals surface area contributed by atoms with E-state index in [1.165, 1.54) is 0 Å². The zero-order chi connectivity index (χ0) is 24.8. The molecule has 10 heteroatoms. The van der Waals surface area contributed by atoms with E-state index in [2.05, 4.69) is 20.8 Å². The van der Waals surface area contributed by atoms with E-state index in [0.717, 1.165) is 35.4 Å². The Bertz CT molecular complexity index is 1180. The van der Waals surface area contributed by atoms with Gasteiger partial charge in [0.25, 0.3) is 11.8 Å². The predicted octanol–water partition coefficient (Wildman–Crippen LogP) is 3.03. The Morgan fingerprint density at radius 3 is 2.46 bits per heavy atom. The number of rotatable bonds is 7. The molecule has 2 heterocycles. The average molecular weight is 493 g/mol. The summed E-state index contributed by atoms with van der Waals surface area (Å²) in [5, 5.41) is 13.8. The molecule has 0 aliphatic carbocycles. The minimum atomic E-state index is -0.415. The first kappa shape index (κ1) is 24.3. The molecule has 0 radical (unpaired) electrons. The topological polar surface area (TPSA) is 108 Å². The maximum absolute atomic E-state index is 13.0. The number of benzene rings is 2. The summed E-state index contributed by atoms with van der Waals surface area (Å²) in [6.07, 6.45) is 1.44. The molecule has 182 valence electrons. The highest BCUT2D eigenvalue weighted by molar-refractivity contribution is 7.15. The van der Waals surface area contributed by atoms with Crippen LogP contribution < -0.4 is 15.5 Å². The Hall–Kier alpha value is -3.79. The van der Waals surface area contributed by atoms with E-state index in [4.69, 9.17) is 0 Å². The van der Waals surface area contributed by atoms with Gasteiger partial charge in [0.05, 0.1) is 5.92 Å². The molecule has 0 unspecified atom stereocenters. The summed E-state index contributed by atoms with van der Waals surface area (Å²) < 4.78 is 0. The van der Waals surface area contributed by atoms with E-state index in [1.54, 1.807) is 17.0 Å². The summed E-state index contributed by atoms with van der Waals surface area (Å²) in [5.41, 5.74) is 2.75. The van der Waals surface area contributed by atoms with Crippen LogP contribution in [-0.4, -0.2) is 60.0 Å². The van der Waals surface area contributed by atoms with Gasteiger partial charge in [0, 0.05) is 45.1 Å². The van der Waals surface area contributed by atoms with Gasteiger partial charge in [0.1, 0.15) is 0 Å². The van der Waals surface area contributed by atoms with E-state index in [0.29, 0.717) is 25.3 Å². The quantitative estimate of drug-likeness (QED) is 0.525. The van der Waals surface area contributed by atoms with Crippen LogP contribution >= 0.6 is 11.3 Å². The molecule has 1 aliphatic rings. The normalized spacial score (nSPS) is 15.4. The van der Waals surface area contributed by atoms with Gasteiger partial charge in [0.2, 0.25) is 15.9 Å². The standard InChI is InChI=1S/C25H28N6O3S/c1-30(2)20-12-10-17(11-13-20)15-26-21(32)18-7-6-14-31(16-18)25(34)24-29-28-23(35-24)22(33)27-19-8-4-3-5-9-19/h3-5,8-13,18H,6-7,14-16H2,1-2H3,(H,26,32)(H,27,33)/t18-/m0/s1. The number of aromatic nitrogens is 2. The van der Waals surface area contributed by atoms with E-state index in [1.807, 2.05) is 61.5 Å². The van der Waals surface area contributed by atoms with Crippen molar-refractivity contribution in [2.45, 2.75) is 19.4 Å². The fourth-order valence-electron chi connectivity index (χ4n) is 3.86. The molecule has 2 N–H and O–H groups in total. The van der Waals surface area contributed by atoms with Gasteiger partial charge in [-0.1, -0.05) is 41.7 Å². The fraction of sp³-hybridized carbons (Fsp3) is 0.320. The molecule has 0 bridgehead atoms. The van der Waals surface area contributed by atoms with Crippen molar-refractivity contribution in [1.29, 1.82) is 0 Å². The molecule has 1 aliphatic heterocycles. The van der Waals surface area contributed by atoms with E-state index in [-0.39, 0.29) is 27.7 Å². The van der Waals surface area contributed by atoms with Gasteiger partial charge in [-0.05, 0) is 42.7 Å². The number of carbonyl (C=O) groups excluding carboxylic acids is 3. The van der Waals surface area contributed by atoms with Crippen LogP contribution in [0.2, 0.25) is 0 Å². The van der Waals surface area contributed by atoms with Crippen LogP contribution in [0, 0.1) is 5.92 Å². The average Bonchev–Trinajstić information content (AvgIpc) is 3.38. The third kappa shape index (κ3) is 6.21. The van der Waals surface area contributed by atoms with Crippen molar-refractivity contribution in [1.82, 2.24) is 20.4 Å². The predicted molar refractivity (Wildman–Crippen MR) is 136 cm³/mol. The number of carbonyl (C=O) groups is 3. The number of hydrogen-bond donors (Lipinski definition) is 2. The van der Waals surface area contributed by atoms with Crippen LogP contribution in [0.4, 0.5) is 11.4 Å². The van der Waals surface area contributed by atoms with Crippen molar-refractivity contribution in [2.75, 3.05) is 37.4 Å². The van der Waals surface area contributed by atoms with Gasteiger partial charge in [0.15, 0.2) is 0 Å².